The Bertz CT molecular complexity index is 957. The van der Waals surface area contributed by atoms with Crippen LogP contribution in [0.25, 0.3) is 0 Å². The van der Waals surface area contributed by atoms with E-state index in [-0.39, 0.29) is 0 Å². The van der Waals surface area contributed by atoms with Gasteiger partial charge in [0, 0.05) is 18.3 Å². The van der Waals surface area contributed by atoms with Crippen LogP contribution in [0.15, 0.2) is 77.8 Å². The molecule has 3 aromatic carbocycles. The molecule has 0 aromatic heterocycles. The molecule has 0 aliphatic heterocycles. The Morgan fingerprint density at radius 1 is 0.867 bits per heavy atom. The summed E-state index contributed by atoms with van der Waals surface area (Å²) in [6.07, 6.45) is 0.785. The highest BCUT2D eigenvalue weighted by Crippen LogP contribution is 2.29. The average Bonchev–Trinajstić information content (AvgIpc) is 2.79. The molecule has 3 aromatic rings. The fourth-order valence-corrected chi connectivity index (χ4v) is 2.90. The van der Waals surface area contributed by atoms with E-state index in [1.807, 2.05) is 72.8 Å². The Labute approximate surface area is 177 Å². The third-order valence-corrected chi connectivity index (χ3v) is 4.51. The molecule has 0 aliphatic rings. The number of nitrogens with one attached hydrogen (secondary N) is 1. The van der Waals surface area contributed by atoms with Gasteiger partial charge >= 0.3 is 0 Å². The monoisotopic (exact) mass is 405 g/mol. The first-order valence-electron chi connectivity index (χ1n) is 9.72. The van der Waals surface area contributed by atoms with Crippen molar-refractivity contribution in [2.45, 2.75) is 13.0 Å². The van der Waals surface area contributed by atoms with Gasteiger partial charge in [-0.25, -0.2) is 0 Å². The van der Waals surface area contributed by atoms with E-state index in [0.29, 0.717) is 30.6 Å². The topological polar surface area (TPSA) is 78.1 Å². The second-order valence-corrected chi connectivity index (χ2v) is 6.63. The van der Waals surface area contributed by atoms with E-state index < -0.39 is 0 Å². The smallest absolute Gasteiger partial charge is 0.193 e. The highest BCUT2D eigenvalue weighted by atomic mass is 16.5. The lowest BCUT2D eigenvalue weighted by Gasteiger charge is -2.11. The lowest BCUT2D eigenvalue weighted by atomic mass is 10.1. The Balaban J connectivity index is 1.47. The van der Waals surface area contributed by atoms with Crippen molar-refractivity contribution in [2.75, 3.05) is 26.1 Å². The number of benzene rings is 3. The standard InChI is InChI=1S/C24H27N3O3/c1-28-22-13-10-20(16-23(22)29-2)27-24(25)26-15-14-18-8-11-21(12-9-18)30-17-19-6-4-3-5-7-19/h3-13,16H,14-15,17H2,1-2H3,(H3,25,26,27). The van der Waals surface area contributed by atoms with Gasteiger partial charge in [0.25, 0.3) is 0 Å². The molecule has 0 bridgehead atoms. The van der Waals surface area contributed by atoms with Gasteiger partial charge in [0.2, 0.25) is 0 Å². The maximum atomic E-state index is 6.00. The SMILES string of the molecule is COc1ccc(NC(N)=NCCc2ccc(OCc3ccccc3)cc2)cc1OC. The molecule has 0 radical (unpaired) electrons. The van der Waals surface area contributed by atoms with Gasteiger partial charge in [-0.05, 0) is 41.8 Å². The summed E-state index contributed by atoms with van der Waals surface area (Å²) >= 11 is 0. The van der Waals surface area contributed by atoms with Crippen LogP contribution in [0.4, 0.5) is 5.69 Å². The van der Waals surface area contributed by atoms with Crippen molar-refractivity contribution >= 4 is 11.6 Å². The first-order valence-corrected chi connectivity index (χ1v) is 9.72. The highest BCUT2D eigenvalue weighted by Gasteiger charge is 2.05. The van der Waals surface area contributed by atoms with Crippen LogP contribution in [0.1, 0.15) is 11.1 Å². The average molecular weight is 405 g/mol. The van der Waals surface area contributed by atoms with Gasteiger partial charge in [0.15, 0.2) is 17.5 Å². The van der Waals surface area contributed by atoms with Gasteiger partial charge in [0.1, 0.15) is 12.4 Å². The minimum atomic E-state index is 0.352. The summed E-state index contributed by atoms with van der Waals surface area (Å²) < 4.78 is 16.3. The van der Waals surface area contributed by atoms with E-state index in [4.69, 9.17) is 19.9 Å². The van der Waals surface area contributed by atoms with E-state index in [2.05, 4.69) is 10.3 Å². The van der Waals surface area contributed by atoms with Gasteiger partial charge in [0.05, 0.1) is 14.2 Å². The molecule has 3 N–H and O–H groups in total. The first kappa shape index (κ1) is 21.0. The Kier molecular flexibility index (Phi) is 7.55. The summed E-state index contributed by atoms with van der Waals surface area (Å²) in [5.74, 6) is 2.49. The Morgan fingerprint density at radius 2 is 1.60 bits per heavy atom. The second-order valence-electron chi connectivity index (χ2n) is 6.63. The number of nitrogens with zero attached hydrogens (tertiary/aromatic N) is 1. The molecule has 0 saturated carbocycles. The number of hydrogen-bond acceptors (Lipinski definition) is 4. The number of methoxy groups -OCH3 is 2. The second kappa shape index (κ2) is 10.8. The maximum Gasteiger partial charge on any atom is 0.193 e. The number of rotatable bonds is 9. The number of nitrogens with two attached hydrogens (primary N) is 1. The van der Waals surface area contributed by atoms with Crippen molar-refractivity contribution in [1.82, 2.24) is 0 Å². The van der Waals surface area contributed by atoms with Crippen molar-refractivity contribution in [2.24, 2.45) is 10.7 Å². The van der Waals surface area contributed by atoms with Crippen LogP contribution in [-0.2, 0) is 13.0 Å². The summed E-state index contributed by atoms with van der Waals surface area (Å²) in [6.45, 7) is 1.14. The third-order valence-electron chi connectivity index (χ3n) is 4.51. The van der Waals surface area contributed by atoms with Crippen molar-refractivity contribution in [3.63, 3.8) is 0 Å². The molecule has 0 fully saturated rings. The summed E-state index contributed by atoms with van der Waals surface area (Å²) in [7, 11) is 3.19. The summed E-state index contributed by atoms with van der Waals surface area (Å²) in [6, 6.07) is 23.7. The van der Waals surface area contributed by atoms with Crippen molar-refractivity contribution in [1.29, 1.82) is 0 Å². The highest BCUT2D eigenvalue weighted by molar-refractivity contribution is 5.92. The van der Waals surface area contributed by atoms with Gasteiger partial charge in [-0.1, -0.05) is 42.5 Å². The number of hydrogen-bond donors (Lipinski definition) is 2. The number of ether oxygens (including phenoxy) is 3. The lowest BCUT2D eigenvalue weighted by Crippen LogP contribution is -2.23. The van der Waals surface area contributed by atoms with Crippen LogP contribution in [0.3, 0.4) is 0 Å². The van der Waals surface area contributed by atoms with E-state index in [1.54, 1.807) is 14.2 Å². The zero-order valence-corrected chi connectivity index (χ0v) is 17.3. The number of aliphatic imine (C=N–C) groups is 1. The van der Waals surface area contributed by atoms with Gasteiger partial charge < -0.3 is 25.3 Å². The quantitative estimate of drug-likeness (QED) is 0.411. The fraction of sp³-hybridized carbons (Fsp3) is 0.208. The molecule has 30 heavy (non-hydrogen) atoms. The van der Waals surface area contributed by atoms with Crippen LogP contribution < -0.4 is 25.3 Å². The van der Waals surface area contributed by atoms with Crippen LogP contribution >= 0.6 is 0 Å². The maximum absolute atomic E-state index is 6.00. The van der Waals surface area contributed by atoms with E-state index in [0.717, 1.165) is 23.4 Å². The molecule has 6 heteroatoms. The molecule has 156 valence electrons. The van der Waals surface area contributed by atoms with E-state index >= 15 is 0 Å². The summed E-state index contributed by atoms with van der Waals surface area (Å²) in [5.41, 5.74) is 9.10. The van der Waals surface area contributed by atoms with E-state index in [1.165, 1.54) is 5.56 Å². The Morgan fingerprint density at radius 3 is 2.30 bits per heavy atom. The molecule has 6 nitrogen and oxygen atoms in total. The summed E-state index contributed by atoms with van der Waals surface area (Å²) in [4.78, 5) is 4.39. The number of anilines is 1. The normalized spacial score (nSPS) is 11.1. The zero-order chi connectivity index (χ0) is 21.2. The molecule has 0 aliphatic carbocycles. The minimum Gasteiger partial charge on any atom is -0.493 e. The lowest BCUT2D eigenvalue weighted by molar-refractivity contribution is 0.306. The molecular weight excluding hydrogens is 378 g/mol. The van der Waals surface area contributed by atoms with Gasteiger partial charge in [-0.15, -0.1) is 0 Å². The third kappa shape index (κ3) is 6.17. The summed E-state index contributed by atoms with van der Waals surface area (Å²) in [5, 5.41) is 3.07. The predicted octanol–water partition coefficient (Wildman–Crippen LogP) is 4.25. The van der Waals surface area contributed by atoms with Crippen LogP contribution in [0.5, 0.6) is 17.2 Å². The molecule has 0 unspecified atom stereocenters. The molecule has 3 rings (SSSR count). The Hall–Kier alpha value is -3.67. The van der Waals surface area contributed by atoms with Crippen LogP contribution in [0, 0.1) is 0 Å². The molecule has 0 saturated heterocycles. The molecule has 0 heterocycles. The van der Waals surface area contributed by atoms with E-state index in [9.17, 15) is 0 Å². The molecular formula is C24H27N3O3. The molecule has 0 atom stereocenters. The molecule has 0 amide bonds. The van der Waals surface area contributed by atoms with Gasteiger partial charge in [-0.2, -0.15) is 0 Å². The largest absolute Gasteiger partial charge is 0.493 e. The number of guanidine groups is 1. The van der Waals surface area contributed by atoms with Crippen molar-refractivity contribution in [3.05, 3.63) is 83.9 Å². The fourth-order valence-electron chi connectivity index (χ4n) is 2.90. The van der Waals surface area contributed by atoms with Crippen molar-refractivity contribution in [3.8, 4) is 17.2 Å². The van der Waals surface area contributed by atoms with Crippen LogP contribution in [-0.4, -0.2) is 26.7 Å². The zero-order valence-electron chi connectivity index (χ0n) is 17.3. The minimum absolute atomic E-state index is 0.352. The molecule has 0 spiro atoms. The van der Waals surface area contributed by atoms with Crippen molar-refractivity contribution < 1.29 is 14.2 Å². The van der Waals surface area contributed by atoms with Gasteiger partial charge in [-0.3, -0.25) is 4.99 Å². The van der Waals surface area contributed by atoms with Crippen LogP contribution in [0.2, 0.25) is 0 Å². The predicted molar refractivity (Wildman–Crippen MR) is 121 cm³/mol. The first-order chi connectivity index (χ1) is 14.7.